The molecule has 2 atom stereocenters. The van der Waals surface area contributed by atoms with E-state index in [4.69, 9.17) is 9.72 Å². The number of hydrogen-bond acceptors (Lipinski definition) is 6. The van der Waals surface area contributed by atoms with Crippen LogP contribution in [0.5, 0.6) is 0 Å². The summed E-state index contributed by atoms with van der Waals surface area (Å²) >= 11 is 0. The molecule has 0 aromatic carbocycles. The van der Waals surface area contributed by atoms with E-state index in [1.54, 1.807) is 10.9 Å². The molecule has 3 aromatic rings. The molecule has 1 saturated heterocycles. The number of nitrogens with one attached hydrogen (secondary N) is 1. The van der Waals surface area contributed by atoms with Crippen LogP contribution in [0.2, 0.25) is 0 Å². The highest BCUT2D eigenvalue weighted by atomic mass is 19.3. The van der Waals surface area contributed by atoms with Crippen molar-refractivity contribution in [3.8, 4) is 0 Å². The first-order valence-electron chi connectivity index (χ1n) is 12.2. The maximum atomic E-state index is 13.8. The van der Waals surface area contributed by atoms with E-state index in [1.807, 2.05) is 13.0 Å². The third-order valence-corrected chi connectivity index (χ3v) is 7.08. The number of carbonyl (C=O) groups excluding carboxylic acids is 1. The summed E-state index contributed by atoms with van der Waals surface area (Å²) in [5.74, 6) is 0.793. The van der Waals surface area contributed by atoms with E-state index in [2.05, 4.69) is 34.3 Å². The minimum Gasteiger partial charge on any atom is -0.375 e. The number of halogens is 2. The molecule has 1 amide bonds. The van der Waals surface area contributed by atoms with Crippen LogP contribution >= 0.6 is 0 Å². The number of carbonyl (C=O) groups is 1. The molecule has 0 unspecified atom stereocenters. The summed E-state index contributed by atoms with van der Waals surface area (Å²) in [5, 5.41) is 11.0. The maximum Gasteiger partial charge on any atom is 0.284 e. The largest absolute Gasteiger partial charge is 0.375 e. The summed E-state index contributed by atoms with van der Waals surface area (Å²) in [6.07, 6.45) is 5.79. The third-order valence-electron chi connectivity index (χ3n) is 7.08. The molecule has 0 bridgehead atoms. The monoisotopic (exact) mass is 487 g/mol. The fraction of sp³-hybridized carbons (Fsp3) is 0.583. The van der Waals surface area contributed by atoms with Crippen molar-refractivity contribution in [1.82, 2.24) is 24.4 Å². The summed E-state index contributed by atoms with van der Waals surface area (Å²) in [6, 6.07) is 2.04. The van der Waals surface area contributed by atoms with Gasteiger partial charge in [0.1, 0.15) is 11.4 Å². The van der Waals surface area contributed by atoms with Gasteiger partial charge in [-0.3, -0.25) is 9.48 Å². The Kier molecular flexibility index (Phi) is 6.43. The highest BCUT2D eigenvalue weighted by Crippen LogP contribution is 2.34. The number of morpholine rings is 1. The predicted molar refractivity (Wildman–Crippen MR) is 127 cm³/mol. The highest BCUT2D eigenvalue weighted by molar-refractivity contribution is 6.08. The molecule has 4 heterocycles. The van der Waals surface area contributed by atoms with Crippen LogP contribution in [0.4, 0.5) is 20.3 Å². The SMILES string of the molecule is C[C@@H]1CN(c2ccn3ncc(C(=O)Nc4cn([C@H]5CC[C@H](C)CC5)nc4C(F)F)c3n2)[C@H](C)CO1. The minimum absolute atomic E-state index is 0.0229. The first kappa shape index (κ1) is 23.7. The van der Waals surface area contributed by atoms with E-state index in [0.29, 0.717) is 30.5 Å². The zero-order valence-electron chi connectivity index (χ0n) is 20.2. The molecule has 2 aliphatic rings. The molecule has 188 valence electrons. The molecule has 35 heavy (non-hydrogen) atoms. The Labute approximate surface area is 202 Å². The van der Waals surface area contributed by atoms with Crippen molar-refractivity contribution in [2.45, 2.75) is 71.1 Å². The molecule has 3 aromatic heterocycles. The fourth-order valence-electron chi connectivity index (χ4n) is 4.95. The molecule has 1 aliphatic heterocycles. The van der Waals surface area contributed by atoms with Crippen molar-refractivity contribution in [1.29, 1.82) is 0 Å². The van der Waals surface area contributed by atoms with Gasteiger partial charge in [0.15, 0.2) is 11.3 Å². The number of amides is 1. The average molecular weight is 488 g/mol. The molecular formula is C24H31F2N7O2. The van der Waals surface area contributed by atoms with Gasteiger partial charge in [-0.15, -0.1) is 0 Å². The van der Waals surface area contributed by atoms with E-state index < -0.39 is 18.0 Å². The van der Waals surface area contributed by atoms with Crippen molar-refractivity contribution in [2.24, 2.45) is 5.92 Å². The van der Waals surface area contributed by atoms with E-state index in [1.165, 1.54) is 16.9 Å². The van der Waals surface area contributed by atoms with Gasteiger partial charge in [-0.2, -0.15) is 10.2 Å². The van der Waals surface area contributed by atoms with E-state index in [-0.39, 0.29) is 29.4 Å². The Hall–Kier alpha value is -3.08. The summed E-state index contributed by atoms with van der Waals surface area (Å²) < 4.78 is 36.3. The third kappa shape index (κ3) is 4.73. The van der Waals surface area contributed by atoms with Crippen LogP contribution in [0.25, 0.3) is 5.65 Å². The van der Waals surface area contributed by atoms with Gasteiger partial charge >= 0.3 is 0 Å². The second kappa shape index (κ2) is 9.52. The topological polar surface area (TPSA) is 89.6 Å². The molecule has 1 N–H and O–H groups in total. The van der Waals surface area contributed by atoms with Gasteiger partial charge in [0.25, 0.3) is 12.3 Å². The Balaban J connectivity index is 1.40. The Bertz CT molecular complexity index is 1200. The van der Waals surface area contributed by atoms with E-state index in [0.717, 1.165) is 25.7 Å². The first-order valence-corrected chi connectivity index (χ1v) is 12.2. The smallest absolute Gasteiger partial charge is 0.284 e. The molecule has 0 radical (unpaired) electrons. The van der Waals surface area contributed by atoms with Crippen molar-refractivity contribution in [3.63, 3.8) is 0 Å². The number of hydrogen-bond donors (Lipinski definition) is 1. The van der Waals surface area contributed by atoms with Crippen LogP contribution in [-0.2, 0) is 4.74 Å². The van der Waals surface area contributed by atoms with Gasteiger partial charge in [-0.25, -0.2) is 18.3 Å². The maximum absolute atomic E-state index is 13.8. The molecule has 0 spiro atoms. The molecule has 1 aliphatic carbocycles. The van der Waals surface area contributed by atoms with Gasteiger partial charge < -0.3 is 15.0 Å². The number of anilines is 2. The number of rotatable bonds is 5. The summed E-state index contributed by atoms with van der Waals surface area (Å²) in [7, 11) is 0. The number of fused-ring (bicyclic) bond motifs is 1. The van der Waals surface area contributed by atoms with Crippen LogP contribution in [0.1, 0.15) is 75.0 Å². The predicted octanol–water partition coefficient (Wildman–Crippen LogP) is 4.48. The van der Waals surface area contributed by atoms with Gasteiger partial charge in [0.2, 0.25) is 0 Å². The van der Waals surface area contributed by atoms with Crippen molar-refractivity contribution >= 4 is 23.1 Å². The standard InChI is InChI=1S/C24H31F2N7O2/c1-14-4-6-17(7-5-14)33-12-19(21(30-33)22(25)26)28-24(34)18-10-27-32-9-8-20(29-23(18)32)31-11-16(3)35-13-15(31)2/h8-10,12,14-17,22H,4-7,11,13H2,1-3H3,(H,28,34)/t14-,15-,16-,17-/m1/s1. The van der Waals surface area contributed by atoms with Crippen molar-refractivity contribution < 1.29 is 18.3 Å². The second-order valence-electron chi connectivity index (χ2n) is 9.83. The van der Waals surface area contributed by atoms with Crippen LogP contribution < -0.4 is 10.2 Å². The minimum atomic E-state index is -2.80. The van der Waals surface area contributed by atoms with Crippen molar-refractivity contribution in [2.75, 3.05) is 23.4 Å². The lowest BCUT2D eigenvalue weighted by atomic mass is 9.87. The molecule has 2 fully saturated rings. The van der Waals surface area contributed by atoms with Gasteiger partial charge in [0, 0.05) is 18.9 Å². The number of aromatic nitrogens is 5. The lowest BCUT2D eigenvalue weighted by molar-refractivity contribution is 0.0340. The second-order valence-corrected chi connectivity index (χ2v) is 9.83. The Morgan fingerprint density at radius 2 is 1.97 bits per heavy atom. The van der Waals surface area contributed by atoms with Crippen LogP contribution in [0.15, 0.2) is 24.7 Å². The molecular weight excluding hydrogens is 456 g/mol. The molecule has 1 saturated carbocycles. The molecule has 5 rings (SSSR count). The number of alkyl halides is 2. The van der Waals surface area contributed by atoms with Gasteiger partial charge in [0.05, 0.1) is 36.7 Å². The fourth-order valence-corrected chi connectivity index (χ4v) is 4.95. The number of nitrogens with zero attached hydrogens (tertiary/aromatic N) is 6. The molecule has 11 heteroatoms. The van der Waals surface area contributed by atoms with E-state index >= 15 is 0 Å². The zero-order chi connectivity index (χ0) is 24.7. The zero-order valence-corrected chi connectivity index (χ0v) is 20.2. The van der Waals surface area contributed by atoms with E-state index in [9.17, 15) is 13.6 Å². The normalized spacial score (nSPS) is 25.4. The molecule has 9 nitrogen and oxygen atoms in total. The van der Waals surface area contributed by atoms with Gasteiger partial charge in [-0.05, 0) is 51.5 Å². The summed E-state index contributed by atoms with van der Waals surface area (Å²) in [4.78, 5) is 20.0. The van der Waals surface area contributed by atoms with Crippen LogP contribution in [-0.4, -0.2) is 55.6 Å². The summed E-state index contributed by atoms with van der Waals surface area (Å²) in [6.45, 7) is 7.52. The van der Waals surface area contributed by atoms with Gasteiger partial charge in [-0.1, -0.05) is 6.92 Å². The number of ether oxygens (including phenoxy) is 1. The Morgan fingerprint density at radius 3 is 2.71 bits per heavy atom. The summed E-state index contributed by atoms with van der Waals surface area (Å²) in [5.41, 5.74) is 0.173. The first-order chi connectivity index (χ1) is 16.8. The lowest BCUT2D eigenvalue weighted by Crippen LogP contribution is -2.47. The lowest BCUT2D eigenvalue weighted by Gasteiger charge is -2.37. The van der Waals surface area contributed by atoms with Crippen molar-refractivity contribution in [3.05, 3.63) is 35.9 Å². The highest BCUT2D eigenvalue weighted by Gasteiger charge is 2.28. The van der Waals surface area contributed by atoms with Crippen LogP contribution in [0.3, 0.4) is 0 Å². The Morgan fingerprint density at radius 1 is 1.20 bits per heavy atom. The average Bonchev–Trinajstić information content (AvgIpc) is 3.45. The quantitative estimate of drug-likeness (QED) is 0.571. The van der Waals surface area contributed by atoms with Crippen LogP contribution in [0, 0.1) is 5.92 Å².